The van der Waals surface area contributed by atoms with Gasteiger partial charge in [0.25, 0.3) is 5.91 Å². The highest BCUT2D eigenvalue weighted by Gasteiger charge is 2.34. The number of nitrogens with one attached hydrogen (secondary N) is 2. The quantitative estimate of drug-likeness (QED) is 0.519. The number of carbonyl (C=O) groups excluding carboxylic acids is 2. The topological polar surface area (TPSA) is 64.7 Å². The molecule has 1 aliphatic carbocycles. The molecule has 0 radical (unpaired) electrons. The van der Waals surface area contributed by atoms with Crippen molar-refractivity contribution in [3.63, 3.8) is 0 Å². The molecule has 6 nitrogen and oxygen atoms in total. The molecule has 0 bridgehead atoms. The maximum Gasteiger partial charge on any atom is 0.258 e. The minimum Gasteiger partial charge on any atom is -0.367 e. The van der Waals surface area contributed by atoms with E-state index in [0.717, 1.165) is 52.0 Å². The van der Waals surface area contributed by atoms with Crippen LogP contribution in [-0.4, -0.2) is 67.3 Å². The highest BCUT2D eigenvalue weighted by molar-refractivity contribution is 8.04. The van der Waals surface area contributed by atoms with Crippen LogP contribution in [0, 0.1) is 5.82 Å². The second-order valence-corrected chi connectivity index (χ2v) is 9.74. The number of halogens is 1. The molecule has 2 unspecified atom stereocenters. The van der Waals surface area contributed by atoms with Gasteiger partial charge >= 0.3 is 0 Å². The SMILES string of the molecule is O=C(/C=C1\SC2CCCCC2NC1=O)NCCCN1CCN(c2ccccc2F)CC1. The van der Waals surface area contributed by atoms with E-state index in [1.54, 1.807) is 17.8 Å². The fourth-order valence-corrected chi connectivity index (χ4v) is 5.88. The summed E-state index contributed by atoms with van der Waals surface area (Å²) in [6.07, 6.45) is 6.80. The van der Waals surface area contributed by atoms with Crippen LogP contribution in [0.4, 0.5) is 10.1 Å². The third kappa shape index (κ3) is 5.80. The lowest BCUT2D eigenvalue weighted by Crippen LogP contribution is -2.48. The maximum atomic E-state index is 13.9. The van der Waals surface area contributed by atoms with Crippen LogP contribution in [0.15, 0.2) is 35.2 Å². The molecule has 4 rings (SSSR count). The van der Waals surface area contributed by atoms with Crippen LogP contribution < -0.4 is 15.5 Å². The van der Waals surface area contributed by atoms with Crippen molar-refractivity contribution >= 4 is 29.3 Å². The van der Waals surface area contributed by atoms with Crippen LogP contribution in [0.3, 0.4) is 0 Å². The Kier molecular flexibility index (Phi) is 7.50. The van der Waals surface area contributed by atoms with E-state index in [2.05, 4.69) is 20.4 Å². The molecule has 31 heavy (non-hydrogen) atoms. The summed E-state index contributed by atoms with van der Waals surface area (Å²) in [7, 11) is 0. The number of thioether (sulfide) groups is 1. The number of carbonyl (C=O) groups is 2. The van der Waals surface area contributed by atoms with Crippen LogP contribution in [0.2, 0.25) is 0 Å². The number of piperazine rings is 1. The standard InChI is InChI=1S/C23H31FN4O2S/c24-17-6-1-3-8-19(17)28-14-12-27(13-15-28)11-5-10-25-22(29)16-21-23(30)26-18-7-2-4-9-20(18)31-21/h1,3,6,8,16,18,20H,2,4-5,7,9-15H2,(H,25,29)(H,26,30)/b21-16-. The summed E-state index contributed by atoms with van der Waals surface area (Å²) in [4.78, 5) is 29.5. The first-order valence-corrected chi connectivity index (χ1v) is 12.2. The van der Waals surface area contributed by atoms with Gasteiger partial charge in [0.05, 0.1) is 10.6 Å². The second-order valence-electron chi connectivity index (χ2n) is 8.45. The van der Waals surface area contributed by atoms with Crippen LogP contribution in [0.25, 0.3) is 0 Å². The summed E-state index contributed by atoms with van der Waals surface area (Å²) in [5.41, 5.74) is 0.673. The van der Waals surface area contributed by atoms with Gasteiger partial charge in [0.15, 0.2) is 0 Å². The molecular weight excluding hydrogens is 415 g/mol. The molecule has 2 N–H and O–H groups in total. The van der Waals surface area contributed by atoms with Gasteiger partial charge in [-0.05, 0) is 37.9 Å². The minimum absolute atomic E-state index is 0.115. The first kappa shape index (κ1) is 22.1. The number of hydrogen-bond donors (Lipinski definition) is 2. The highest BCUT2D eigenvalue weighted by atomic mass is 32.2. The Morgan fingerprint density at radius 3 is 2.77 bits per heavy atom. The molecule has 168 valence electrons. The third-order valence-electron chi connectivity index (χ3n) is 6.30. The summed E-state index contributed by atoms with van der Waals surface area (Å²) in [6, 6.07) is 7.17. The van der Waals surface area contributed by atoms with Crippen molar-refractivity contribution in [2.24, 2.45) is 0 Å². The number of para-hydroxylation sites is 1. The molecule has 1 aromatic carbocycles. The zero-order valence-corrected chi connectivity index (χ0v) is 18.6. The van der Waals surface area contributed by atoms with Gasteiger partial charge in [0.2, 0.25) is 5.91 Å². The predicted octanol–water partition coefficient (Wildman–Crippen LogP) is 2.51. The number of nitrogens with zero attached hydrogens (tertiary/aromatic N) is 2. The van der Waals surface area contributed by atoms with E-state index in [9.17, 15) is 14.0 Å². The number of benzene rings is 1. The van der Waals surface area contributed by atoms with Crippen LogP contribution in [0.5, 0.6) is 0 Å². The Bertz CT molecular complexity index is 826. The zero-order chi connectivity index (χ0) is 21.6. The van der Waals surface area contributed by atoms with E-state index in [0.29, 0.717) is 22.4 Å². The molecule has 2 amide bonds. The molecule has 2 saturated heterocycles. The number of rotatable bonds is 6. The molecule has 2 aliphatic heterocycles. The van der Waals surface area contributed by atoms with Crippen molar-refractivity contribution in [3.8, 4) is 0 Å². The van der Waals surface area contributed by atoms with Gasteiger partial charge in [-0.1, -0.05) is 25.0 Å². The van der Waals surface area contributed by atoms with E-state index >= 15 is 0 Å². The number of hydrogen-bond acceptors (Lipinski definition) is 5. The molecule has 2 atom stereocenters. The van der Waals surface area contributed by atoms with E-state index in [4.69, 9.17) is 0 Å². The molecule has 3 aliphatic rings. The molecule has 2 heterocycles. The van der Waals surface area contributed by atoms with Crippen LogP contribution in [0.1, 0.15) is 32.1 Å². The predicted molar refractivity (Wildman–Crippen MR) is 123 cm³/mol. The van der Waals surface area contributed by atoms with Crippen molar-refractivity contribution in [1.82, 2.24) is 15.5 Å². The van der Waals surface area contributed by atoms with E-state index in [1.165, 1.54) is 25.0 Å². The van der Waals surface area contributed by atoms with Crippen molar-refractivity contribution in [3.05, 3.63) is 41.1 Å². The van der Waals surface area contributed by atoms with Crippen LogP contribution in [-0.2, 0) is 9.59 Å². The first-order chi connectivity index (χ1) is 15.1. The van der Waals surface area contributed by atoms with Gasteiger partial charge in [0.1, 0.15) is 5.82 Å². The maximum absolute atomic E-state index is 13.9. The Balaban J connectivity index is 1.15. The number of fused-ring (bicyclic) bond motifs is 1. The van der Waals surface area contributed by atoms with Gasteiger partial charge in [-0.15, -0.1) is 11.8 Å². The van der Waals surface area contributed by atoms with Crippen molar-refractivity contribution in [2.75, 3.05) is 44.2 Å². The van der Waals surface area contributed by atoms with Gasteiger partial charge in [-0.2, -0.15) is 0 Å². The Morgan fingerprint density at radius 1 is 1.19 bits per heavy atom. The van der Waals surface area contributed by atoms with Gasteiger partial charge in [-0.3, -0.25) is 14.5 Å². The fraction of sp³-hybridized carbons (Fsp3) is 0.565. The molecular formula is C23H31FN4O2S. The van der Waals surface area contributed by atoms with Crippen molar-refractivity contribution < 1.29 is 14.0 Å². The lowest BCUT2D eigenvalue weighted by molar-refractivity contribution is -0.119. The molecule has 0 spiro atoms. The Morgan fingerprint density at radius 2 is 1.97 bits per heavy atom. The third-order valence-corrected chi connectivity index (χ3v) is 7.72. The van der Waals surface area contributed by atoms with Gasteiger partial charge < -0.3 is 15.5 Å². The molecule has 1 aromatic rings. The summed E-state index contributed by atoms with van der Waals surface area (Å²) in [5.74, 6) is -0.482. The highest BCUT2D eigenvalue weighted by Crippen LogP contribution is 2.36. The monoisotopic (exact) mass is 446 g/mol. The normalized spacial score (nSPS) is 25.8. The van der Waals surface area contributed by atoms with E-state index in [1.807, 2.05) is 12.1 Å². The average Bonchev–Trinajstić information content (AvgIpc) is 2.78. The number of anilines is 1. The molecule has 8 heteroatoms. The Labute approximate surface area is 187 Å². The lowest BCUT2D eigenvalue weighted by atomic mass is 9.94. The van der Waals surface area contributed by atoms with E-state index in [-0.39, 0.29) is 23.7 Å². The van der Waals surface area contributed by atoms with E-state index < -0.39 is 0 Å². The lowest BCUT2D eigenvalue weighted by Gasteiger charge is -2.36. The van der Waals surface area contributed by atoms with Gasteiger partial charge in [0, 0.05) is 50.1 Å². The molecule has 1 saturated carbocycles. The summed E-state index contributed by atoms with van der Waals surface area (Å²) in [6.45, 7) is 4.83. The largest absolute Gasteiger partial charge is 0.367 e. The molecule has 0 aromatic heterocycles. The smallest absolute Gasteiger partial charge is 0.258 e. The number of amides is 2. The minimum atomic E-state index is -0.198. The zero-order valence-electron chi connectivity index (χ0n) is 17.8. The van der Waals surface area contributed by atoms with Crippen LogP contribution >= 0.6 is 11.8 Å². The summed E-state index contributed by atoms with van der Waals surface area (Å²) >= 11 is 1.56. The van der Waals surface area contributed by atoms with Crippen molar-refractivity contribution in [1.29, 1.82) is 0 Å². The Hall–Kier alpha value is -2.06. The van der Waals surface area contributed by atoms with Crippen molar-refractivity contribution in [2.45, 2.75) is 43.4 Å². The molecule has 3 fully saturated rings. The average molecular weight is 447 g/mol. The summed E-state index contributed by atoms with van der Waals surface area (Å²) < 4.78 is 13.9. The first-order valence-electron chi connectivity index (χ1n) is 11.3. The fourth-order valence-electron chi connectivity index (χ4n) is 4.56. The second kappa shape index (κ2) is 10.5. The summed E-state index contributed by atoms with van der Waals surface area (Å²) in [5, 5.41) is 6.37. The van der Waals surface area contributed by atoms with Gasteiger partial charge in [-0.25, -0.2) is 4.39 Å².